The zero-order valence-corrected chi connectivity index (χ0v) is 20.5. The van der Waals surface area contributed by atoms with Crippen molar-refractivity contribution in [3.63, 3.8) is 0 Å². The number of likely N-dealkylation sites (N-methyl/N-ethyl adjacent to an activating group) is 1. The number of carbonyl (C=O) groups excluding carboxylic acids is 1. The summed E-state index contributed by atoms with van der Waals surface area (Å²) in [6.07, 6.45) is 9.15. The second-order valence-corrected chi connectivity index (χ2v) is 9.12. The molecule has 2 N–H and O–H groups in total. The first kappa shape index (κ1) is 23.3. The van der Waals surface area contributed by atoms with Gasteiger partial charge in [-0.15, -0.1) is 0 Å². The summed E-state index contributed by atoms with van der Waals surface area (Å²) in [6.45, 7) is 5.37. The van der Waals surface area contributed by atoms with Crippen molar-refractivity contribution in [1.82, 2.24) is 19.8 Å². The molecule has 3 heterocycles. The zero-order valence-electron chi connectivity index (χ0n) is 20.5. The van der Waals surface area contributed by atoms with Gasteiger partial charge in [0.25, 0.3) is 5.91 Å². The molecule has 2 aromatic carbocycles. The first-order valence-electron chi connectivity index (χ1n) is 12.0. The molecule has 0 spiro atoms. The third-order valence-corrected chi connectivity index (χ3v) is 6.76. The maximum Gasteiger partial charge on any atom is 0.253 e. The van der Waals surface area contributed by atoms with Crippen LogP contribution in [0.1, 0.15) is 32.6 Å². The smallest absolute Gasteiger partial charge is 0.253 e. The quantitative estimate of drug-likeness (QED) is 0.421. The molecule has 7 nitrogen and oxygen atoms in total. The molecule has 2 aromatic heterocycles. The fraction of sp³-hybridized carbons (Fsp3) is 0.207. The average molecular weight is 477 g/mol. The minimum atomic E-state index is 0.0748. The minimum Gasteiger partial charge on any atom is -0.361 e. The van der Waals surface area contributed by atoms with Crippen LogP contribution in [0.15, 0.2) is 61.1 Å². The van der Waals surface area contributed by atoms with Crippen molar-refractivity contribution >= 4 is 40.3 Å². The molecule has 0 aliphatic carbocycles. The lowest BCUT2D eigenvalue weighted by atomic mass is 10.1. The van der Waals surface area contributed by atoms with Gasteiger partial charge in [0, 0.05) is 72.5 Å². The summed E-state index contributed by atoms with van der Waals surface area (Å²) >= 11 is 0. The van der Waals surface area contributed by atoms with Crippen molar-refractivity contribution < 1.29 is 4.79 Å². The predicted octanol–water partition coefficient (Wildman–Crippen LogP) is 5.04. The predicted molar refractivity (Wildman–Crippen MR) is 144 cm³/mol. The number of fused-ring (bicyclic) bond motifs is 1. The molecule has 7 heteroatoms. The minimum absolute atomic E-state index is 0.0748. The van der Waals surface area contributed by atoms with Crippen LogP contribution in [0.3, 0.4) is 0 Å². The topological polar surface area (TPSA) is 88.0 Å². The number of benzene rings is 2. The van der Waals surface area contributed by atoms with Gasteiger partial charge in [-0.3, -0.25) is 9.78 Å². The molecular formula is C29H28N6O. The first-order valence-corrected chi connectivity index (χ1v) is 12.0. The normalized spacial score (nSPS) is 14.3. The molecule has 5 rings (SSSR count). The van der Waals surface area contributed by atoms with Crippen molar-refractivity contribution in [2.75, 3.05) is 38.5 Å². The van der Waals surface area contributed by atoms with Crippen LogP contribution in [0.4, 0.5) is 11.4 Å². The summed E-state index contributed by atoms with van der Waals surface area (Å²) < 4.78 is 0. The van der Waals surface area contributed by atoms with Gasteiger partial charge in [0.15, 0.2) is 0 Å². The van der Waals surface area contributed by atoms with E-state index in [9.17, 15) is 10.1 Å². The third kappa shape index (κ3) is 4.72. The van der Waals surface area contributed by atoms with E-state index < -0.39 is 0 Å². The summed E-state index contributed by atoms with van der Waals surface area (Å²) in [5, 5.41) is 14.3. The molecule has 0 saturated carbocycles. The Bertz CT molecular complexity index is 1470. The number of aryl methyl sites for hydroxylation is 1. The van der Waals surface area contributed by atoms with Gasteiger partial charge in [-0.25, -0.2) is 0 Å². The summed E-state index contributed by atoms with van der Waals surface area (Å²) in [7, 11) is 2.08. The lowest BCUT2D eigenvalue weighted by Gasteiger charge is -2.32. The number of rotatable bonds is 5. The highest BCUT2D eigenvalue weighted by Gasteiger charge is 2.20. The van der Waals surface area contributed by atoms with E-state index in [0.29, 0.717) is 16.8 Å². The van der Waals surface area contributed by atoms with E-state index in [1.54, 1.807) is 12.4 Å². The molecular weight excluding hydrogens is 448 g/mol. The van der Waals surface area contributed by atoms with Gasteiger partial charge in [-0.05, 0) is 55.4 Å². The number of nitrogens with one attached hydrogen (secondary N) is 2. The Labute approximate surface area is 210 Å². The number of aromatic nitrogens is 2. The number of anilines is 2. The maximum atomic E-state index is 12.8. The van der Waals surface area contributed by atoms with E-state index in [4.69, 9.17) is 0 Å². The maximum absolute atomic E-state index is 12.8. The van der Waals surface area contributed by atoms with Crippen LogP contribution in [-0.2, 0) is 0 Å². The average Bonchev–Trinajstić information content (AvgIpc) is 3.40. The van der Waals surface area contributed by atoms with Gasteiger partial charge in [0.05, 0.1) is 11.3 Å². The Balaban J connectivity index is 1.37. The summed E-state index contributed by atoms with van der Waals surface area (Å²) in [6, 6.07) is 16.0. The number of H-pyrrole nitrogens is 1. The Morgan fingerprint density at radius 1 is 1.06 bits per heavy atom. The molecule has 1 amide bonds. The Morgan fingerprint density at radius 2 is 1.83 bits per heavy atom. The first-order chi connectivity index (χ1) is 17.5. The van der Waals surface area contributed by atoms with Crippen LogP contribution in [0.2, 0.25) is 0 Å². The number of nitrogens with zero attached hydrogens (tertiary/aromatic N) is 4. The van der Waals surface area contributed by atoms with E-state index >= 15 is 0 Å². The molecule has 1 aliphatic rings. The third-order valence-electron chi connectivity index (χ3n) is 6.76. The van der Waals surface area contributed by atoms with E-state index in [1.165, 1.54) is 0 Å². The van der Waals surface area contributed by atoms with Crippen molar-refractivity contribution in [2.24, 2.45) is 0 Å². The van der Waals surface area contributed by atoms with E-state index in [0.717, 1.165) is 59.5 Å². The Kier molecular flexibility index (Phi) is 6.52. The summed E-state index contributed by atoms with van der Waals surface area (Å²) in [5.74, 6) is 0.0748. The number of amides is 1. The number of hydrogen-bond acceptors (Lipinski definition) is 5. The van der Waals surface area contributed by atoms with Crippen LogP contribution in [-0.4, -0.2) is 58.9 Å². The Hall–Kier alpha value is -4.41. The largest absolute Gasteiger partial charge is 0.361 e. The van der Waals surface area contributed by atoms with Crippen LogP contribution < -0.4 is 5.32 Å². The molecule has 0 unspecified atom stereocenters. The van der Waals surface area contributed by atoms with Crippen molar-refractivity contribution in [2.45, 2.75) is 6.92 Å². The number of piperazine rings is 1. The standard InChI is InChI=1S/C29H28N6O/c1-20-25-11-12-32-27(25)10-9-26(20)33-28-23(18-31-19-24(28)17-30)8-5-21-3-6-22(7-4-21)29(36)35-15-13-34(2)14-16-35/h3-12,18-19,32H,13-16H2,1-2H3,(H,31,33). The lowest BCUT2D eigenvalue weighted by Crippen LogP contribution is -2.47. The van der Waals surface area contributed by atoms with Crippen molar-refractivity contribution in [1.29, 1.82) is 5.26 Å². The molecule has 0 bridgehead atoms. The van der Waals surface area contributed by atoms with Gasteiger partial charge < -0.3 is 20.1 Å². The highest BCUT2D eigenvalue weighted by Crippen LogP contribution is 2.31. The number of hydrogen-bond donors (Lipinski definition) is 2. The van der Waals surface area contributed by atoms with Gasteiger partial charge in [0.2, 0.25) is 0 Å². The summed E-state index contributed by atoms with van der Waals surface area (Å²) in [5.41, 5.74) is 6.76. The number of pyridine rings is 1. The molecule has 0 atom stereocenters. The molecule has 4 aromatic rings. The summed E-state index contributed by atoms with van der Waals surface area (Å²) in [4.78, 5) is 24.4. The highest BCUT2D eigenvalue weighted by atomic mass is 16.2. The SMILES string of the molecule is Cc1c(Nc2c(C#N)cncc2C=Cc2ccc(C(=O)N3CCN(C)CC3)cc2)ccc2[nH]ccc12. The lowest BCUT2D eigenvalue weighted by molar-refractivity contribution is 0.0664. The number of nitriles is 1. The zero-order chi connectivity index (χ0) is 25.1. The fourth-order valence-electron chi connectivity index (χ4n) is 4.50. The van der Waals surface area contributed by atoms with Gasteiger partial charge in [0.1, 0.15) is 6.07 Å². The van der Waals surface area contributed by atoms with Gasteiger partial charge >= 0.3 is 0 Å². The van der Waals surface area contributed by atoms with Crippen LogP contribution in [0.25, 0.3) is 23.1 Å². The molecule has 1 saturated heterocycles. The molecule has 0 radical (unpaired) electrons. The number of carbonyl (C=O) groups is 1. The highest BCUT2D eigenvalue weighted by molar-refractivity contribution is 5.95. The molecule has 1 aliphatic heterocycles. The van der Waals surface area contributed by atoms with Crippen LogP contribution in [0.5, 0.6) is 0 Å². The second-order valence-electron chi connectivity index (χ2n) is 9.12. The molecule has 1 fully saturated rings. The van der Waals surface area contributed by atoms with E-state index in [-0.39, 0.29) is 5.91 Å². The molecule has 180 valence electrons. The Morgan fingerprint density at radius 3 is 2.58 bits per heavy atom. The monoisotopic (exact) mass is 476 g/mol. The second kappa shape index (κ2) is 10.1. The fourth-order valence-corrected chi connectivity index (χ4v) is 4.50. The number of aromatic amines is 1. The van der Waals surface area contributed by atoms with Gasteiger partial charge in [-0.1, -0.05) is 24.3 Å². The molecule has 36 heavy (non-hydrogen) atoms. The van der Waals surface area contributed by atoms with Crippen LogP contribution >= 0.6 is 0 Å². The van der Waals surface area contributed by atoms with Crippen molar-refractivity contribution in [3.05, 3.63) is 88.9 Å². The van der Waals surface area contributed by atoms with E-state index in [2.05, 4.69) is 40.2 Å². The van der Waals surface area contributed by atoms with E-state index in [1.807, 2.05) is 65.7 Å². The van der Waals surface area contributed by atoms with Crippen molar-refractivity contribution in [3.8, 4) is 6.07 Å². The van der Waals surface area contributed by atoms with Crippen LogP contribution in [0, 0.1) is 18.3 Å². The van der Waals surface area contributed by atoms with Gasteiger partial charge in [-0.2, -0.15) is 5.26 Å².